The fourth-order valence-electron chi connectivity index (χ4n) is 1.73. The third kappa shape index (κ3) is 3.40. The highest BCUT2D eigenvalue weighted by molar-refractivity contribution is 9.10. The molecule has 0 saturated carbocycles. The number of anilines is 1. The molecule has 6 nitrogen and oxygen atoms in total. The van der Waals surface area contributed by atoms with Crippen molar-refractivity contribution in [1.29, 1.82) is 0 Å². The minimum absolute atomic E-state index is 0.000673. The highest BCUT2D eigenvalue weighted by Gasteiger charge is 2.26. The predicted molar refractivity (Wildman–Crippen MR) is 87.8 cm³/mol. The molecule has 0 aromatic heterocycles. The normalized spacial score (nSPS) is 11.2. The molecule has 0 spiro atoms. The van der Waals surface area contributed by atoms with E-state index in [9.17, 15) is 18.5 Å². The van der Waals surface area contributed by atoms with Crippen LogP contribution in [-0.2, 0) is 10.0 Å². The van der Waals surface area contributed by atoms with Crippen molar-refractivity contribution >= 4 is 48.9 Å². The minimum Gasteiger partial charge on any atom is -0.272 e. The van der Waals surface area contributed by atoms with Gasteiger partial charge in [-0.3, -0.25) is 14.8 Å². The molecule has 22 heavy (non-hydrogen) atoms. The third-order valence-electron chi connectivity index (χ3n) is 2.83. The fraction of sp³-hybridized carbons (Fsp3) is 0.0769. The second-order valence-electron chi connectivity index (χ2n) is 4.43. The van der Waals surface area contributed by atoms with E-state index in [0.717, 1.165) is 5.56 Å². The lowest BCUT2D eigenvalue weighted by atomic mass is 10.2. The van der Waals surface area contributed by atoms with E-state index in [1.54, 1.807) is 12.1 Å². The quantitative estimate of drug-likeness (QED) is 0.612. The second kappa shape index (κ2) is 6.23. The maximum atomic E-state index is 12.4. The van der Waals surface area contributed by atoms with Gasteiger partial charge in [0.2, 0.25) is 0 Å². The number of hydrogen-bond acceptors (Lipinski definition) is 4. The SMILES string of the molecule is Cc1ccc(S(=O)(=O)Nc2c(Br)ccc(Cl)c2[N+](=O)[O-])cc1. The lowest BCUT2D eigenvalue weighted by molar-refractivity contribution is -0.383. The number of nitrogens with one attached hydrogen (secondary N) is 1. The van der Waals surface area contributed by atoms with Crippen molar-refractivity contribution in [3.8, 4) is 0 Å². The molecular weight excluding hydrogens is 396 g/mol. The van der Waals surface area contributed by atoms with Crippen LogP contribution in [0.25, 0.3) is 0 Å². The summed E-state index contributed by atoms with van der Waals surface area (Å²) in [5.41, 5.74) is 0.179. The Morgan fingerprint density at radius 1 is 1.18 bits per heavy atom. The van der Waals surface area contributed by atoms with Crippen LogP contribution in [0.15, 0.2) is 45.8 Å². The average Bonchev–Trinajstić information content (AvgIpc) is 2.43. The van der Waals surface area contributed by atoms with Gasteiger partial charge in [-0.25, -0.2) is 8.42 Å². The Kier molecular flexibility index (Phi) is 4.74. The van der Waals surface area contributed by atoms with Crippen LogP contribution in [0.3, 0.4) is 0 Å². The molecular formula is C13H10BrClN2O4S. The largest absolute Gasteiger partial charge is 0.312 e. The number of hydrogen-bond donors (Lipinski definition) is 1. The molecule has 0 unspecified atom stereocenters. The summed E-state index contributed by atoms with van der Waals surface area (Å²) in [6.07, 6.45) is 0. The molecule has 2 rings (SSSR count). The number of nitro groups is 1. The van der Waals surface area contributed by atoms with Gasteiger partial charge in [-0.15, -0.1) is 0 Å². The van der Waals surface area contributed by atoms with Crippen LogP contribution in [0.2, 0.25) is 5.02 Å². The van der Waals surface area contributed by atoms with E-state index in [0.29, 0.717) is 0 Å². The average molecular weight is 406 g/mol. The van der Waals surface area contributed by atoms with E-state index in [1.807, 2.05) is 6.92 Å². The van der Waals surface area contributed by atoms with Gasteiger partial charge < -0.3 is 0 Å². The molecule has 0 aliphatic carbocycles. The summed E-state index contributed by atoms with van der Waals surface area (Å²) in [6, 6.07) is 8.85. The first kappa shape index (κ1) is 16.7. The highest BCUT2D eigenvalue weighted by atomic mass is 79.9. The summed E-state index contributed by atoms with van der Waals surface area (Å²) in [6.45, 7) is 1.82. The van der Waals surface area contributed by atoms with Crippen molar-refractivity contribution in [3.63, 3.8) is 0 Å². The minimum atomic E-state index is -3.97. The maximum Gasteiger partial charge on any atom is 0.312 e. The zero-order valence-electron chi connectivity index (χ0n) is 11.2. The van der Waals surface area contributed by atoms with Crippen molar-refractivity contribution in [2.24, 2.45) is 0 Å². The molecule has 0 amide bonds. The topological polar surface area (TPSA) is 89.3 Å². The van der Waals surface area contributed by atoms with Crippen LogP contribution in [0.4, 0.5) is 11.4 Å². The van der Waals surface area contributed by atoms with Gasteiger partial charge in [-0.1, -0.05) is 29.3 Å². The molecule has 2 aromatic rings. The van der Waals surface area contributed by atoms with Gasteiger partial charge in [0.15, 0.2) is 0 Å². The van der Waals surface area contributed by atoms with Crippen LogP contribution in [0.1, 0.15) is 5.56 Å². The molecule has 1 N–H and O–H groups in total. The lowest BCUT2D eigenvalue weighted by Gasteiger charge is -2.11. The summed E-state index contributed by atoms with van der Waals surface area (Å²) in [4.78, 5) is 10.4. The molecule has 0 saturated heterocycles. The van der Waals surface area contributed by atoms with Crippen LogP contribution in [0.5, 0.6) is 0 Å². The van der Waals surface area contributed by atoms with Crippen molar-refractivity contribution in [1.82, 2.24) is 0 Å². The Bertz CT molecular complexity index is 838. The summed E-state index contributed by atoms with van der Waals surface area (Å²) in [7, 11) is -3.97. The Labute approximate surface area is 140 Å². The van der Waals surface area contributed by atoms with E-state index >= 15 is 0 Å². The van der Waals surface area contributed by atoms with Gasteiger partial charge in [0.1, 0.15) is 10.7 Å². The standard InChI is InChI=1S/C13H10BrClN2O4S/c1-8-2-4-9(5-3-8)22(20,21)16-12-10(14)6-7-11(15)13(12)17(18)19/h2-7,16H,1H3. The van der Waals surface area contributed by atoms with E-state index in [4.69, 9.17) is 11.6 Å². The number of rotatable bonds is 4. The number of benzene rings is 2. The molecule has 0 atom stereocenters. The predicted octanol–water partition coefficient (Wildman–Crippen LogP) is 4.12. The van der Waals surface area contributed by atoms with Crippen molar-refractivity contribution in [3.05, 3.63) is 61.6 Å². The third-order valence-corrected chi connectivity index (χ3v) is 5.16. The number of halogens is 2. The van der Waals surface area contributed by atoms with Crippen LogP contribution >= 0.6 is 27.5 Å². The Morgan fingerprint density at radius 3 is 2.32 bits per heavy atom. The highest BCUT2D eigenvalue weighted by Crippen LogP contribution is 2.39. The lowest BCUT2D eigenvalue weighted by Crippen LogP contribution is -2.14. The number of aryl methyl sites for hydroxylation is 1. The smallest absolute Gasteiger partial charge is 0.272 e. The van der Waals surface area contributed by atoms with E-state index in [-0.39, 0.29) is 20.1 Å². The Hall–Kier alpha value is -1.64. The number of nitrogens with zero attached hydrogens (tertiary/aromatic N) is 1. The van der Waals surface area contributed by atoms with Gasteiger partial charge >= 0.3 is 5.69 Å². The van der Waals surface area contributed by atoms with E-state index < -0.39 is 20.6 Å². The molecule has 0 bridgehead atoms. The van der Waals surface area contributed by atoms with Gasteiger partial charge in [0.25, 0.3) is 10.0 Å². The van der Waals surface area contributed by atoms with Crippen molar-refractivity contribution in [2.45, 2.75) is 11.8 Å². The number of sulfonamides is 1. The first-order chi connectivity index (χ1) is 10.2. The molecule has 0 aliphatic rings. The van der Waals surface area contributed by atoms with Crippen molar-refractivity contribution in [2.75, 3.05) is 4.72 Å². The summed E-state index contributed by atoms with van der Waals surface area (Å²) >= 11 is 8.89. The van der Waals surface area contributed by atoms with Gasteiger partial charge in [-0.2, -0.15) is 0 Å². The van der Waals surface area contributed by atoms with E-state index in [1.165, 1.54) is 24.3 Å². The second-order valence-corrected chi connectivity index (χ2v) is 7.37. The first-order valence-electron chi connectivity index (χ1n) is 5.94. The van der Waals surface area contributed by atoms with E-state index in [2.05, 4.69) is 20.7 Å². The number of nitro benzene ring substituents is 1. The summed E-state index contributed by atoms with van der Waals surface area (Å²) < 4.78 is 27.1. The molecule has 116 valence electrons. The molecule has 0 fully saturated rings. The first-order valence-corrected chi connectivity index (χ1v) is 8.59. The van der Waals surface area contributed by atoms with Crippen LogP contribution in [0, 0.1) is 17.0 Å². The molecule has 0 aliphatic heterocycles. The monoisotopic (exact) mass is 404 g/mol. The molecule has 2 aromatic carbocycles. The molecule has 9 heteroatoms. The van der Waals surface area contributed by atoms with Crippen LogP contribution < -0.4 is 4.72 Å². The zero-order chi connectivity index (χ0) is 16.5. The molecule has 0 heterocycles. The Balaban J connectivity index is 2.53. The van der Waals surface area contributed by atoms with Gasteiger partial charge in [0.05, 0.1) is 9.82 Å². The van der Waals surface area contributed by atoms with Crippen LogP contribution in [-0.4, -0.2) is 13.3 Å². The van der Waals surface area contributed by atoms with Gasteiger partial charge in [0, 0.05) is 4.47 Å². The summed E-state index contributed by atoms with van der Waals surface area (Å²) in [5, 5.41) is 11.0. The summed E-state index contributed by atoms with van der Waals surface area (Å²) in [5.74, 6) is 0. The fourth-order valence-corrected chi connectivity index (χ4v) is 3.59. The Morgan fingerprint density at radius 2 is 1.77 bits per heavy atom. The van der Waals surface area contributed by atoms with Crippen molar-refractivity contribution < 1.29 is 13.3 Å². The van der Waals surface area contributed by atoms with Gasteiger partial charge in [-0.05, 0) is 47.1 Å². The maximum absolute atomic E-state index is 12.4. The zero-order valence-corrected chi connectivity index (χ0v) is 14.4. The molecule has 0 radical (unpaired) electrons.